The van der Waals surface area contributed by atoms with Gasteiger partial charge in [-0.1, -0.05) is 121 Å². The molecule has 0 aliphatic carbocycles. The van der Waals surface area contributed by atoms with Crippen LogP contribution in [0.4, 0.5) is 5.69 Å². The number of rotatable bonds is 5. The Bertz CT molecular complexity index is 2640. The van der Waals surface area contributed by atoms with Gasteiger partial charge in [0.1, 0.15) is 0 Å². The van der Waals surface area contributed by atoms with E-state index in [1.165, 1.54) is 4.90 Å². The average Bonchev–Trinajstić information content (AvgIpc) is 3.65. The third-order valence-electron chi connectivity index (χ3n) is 9.56. The molecule has 0 saturated heterocycles. The van der Waals surface area contributed by atoms with Gasteiger partial charge < -0.3 is 4.57 Å². The number of amides is 2. The predicted molar refractivity (Wildman–Crippen MR) is 199 cm³/mol. The van der Waals surface area contributed by atoms with Gasteiger partial charge in [0, 0.05) is 21.9 Å². The molecule has 0 unspecified atom stereocenters. The molecule has 5 nitrogen and oxygen atoms in total. The number of anilines is 1. The van der Waals surface area contributed by atoms with Crippen LogP contribution >= 0.6 is 0 Å². The maximum atomic E-state index is 14.9. The molecule has 1 aliphatic rings. The van der Waals surface area contributed by atoms with E-state index < -0.39 is 0 Å². The highest BCUT2D eigenvalue weighted by Crippen LogP contribution is 2.45. The van der Waals surface area contributed by atoms with Crippen molar-refractivity contribution in [1.82, 2.24) is 4.57 Å². The van der Waals surface area contributed by atoms with Gasteiger partial charge in [-0.3, -0.25) is 9.59 Å². The van der Waals surface area contributed by atoms with Crippen LogP contribution in [-0.4, -0.2) is 16.4 Å². The molecule has 1 aromatic heterocycles. The van der Waals surface area contributed by atoms with Gasteiger partial charge in [0.2, 0.25) is 0 Å². The second-order valence-corrected chi connectivity index (χ2v) is 12.4. The van der Waals surface area contributed by atoms with Gasteiger partial charge in [-0.25, -0.2) is 4.90 Å². The predicted octanol–water partition coefficient (Wildman–Crippen LogP) is 10.5. The second-order valence-electron chi connectivity index (χ2n) is 12.4. The van der Waals surface area contributed by atoms with E-state index in [9.17, 15) is 14.9 Å². The van der Waals surface area contributed by atoms with Crippen molar-refractivity contribution in [2.45, 2.75) is 0 Å². The fraction of sp³-hybridized carbons (Fsp3) is 0. The summed E-state index contributed by atoms with van der Waals surface area (Å²) in [5, 5.41) is 11.5. The van der Waals surface area contributed by atoms with Gasteiger partial charge in [-0.15, -0.1) is 0 Å². The summed E-state index contributed by atoms with van der Waals surface area (Å²) in [5.74, 6) is -0.718. The van der Waals surface area contributed by atoms with Crippen LogP contribution in [-0.2, 0) is 0 Å². The molecule has 1 aliphatic heterocycles. The molecular weight excluding hydrogens is 615 g/mol. The maximum absolute atomic E-state index is 14.9. The molecular formula is C45H27N3O2. The number of fused-ring (bicyclic) bond motifs is 4. The number of hydrogen-bond acceptors (Lipinski definition) is 3. The fourth-order valence-electron chi connectivity index (χ4n) is 7.32. The minimum absolute atomic E-state index is 0.354. The van der Waals surface area contributed by atoms with Crippen molar-refractivity contribution < 1.29 is 9.59 Å². The Labute approximate surface area is 288 Å². The molecule has 0 fully saturated rings. The first-order valence-corrected chi connectivity index (χ1v) is 16.4. The molecule has 2 amide bonds. The van der Waals surface area contributed by atoms with Gasteiger partial charge in [0.15, 0.2) is 0 Å². The molecule has 0 spiro atoms. The largest absolute Gasteiger partial charge is 0.308 e. The molecule has 2 heterocycles. The van der Waals surface area contributed by atoms with E-state index >= 15 is 0 Å². The van der Waals surface area contributed by atoms with E-state index in [0.29, 0.717) is 28.1 Å². The van der Waals surface area contributed by atoms with E-state index in [0.717, 1.165) is 55.2 Å². The van der Waals surface area contributed by atoms with Crippen LogP contribution in [0.2, 0.25) is 0 Å². The van der Waals surface area contributed by atoms with Gasteiger partial charge in [-0.05, 0) is 64.7 Å². The first-order valence-electron chi connectivity index (χ1n) is 16.4. The minimum Gasteiger partial charge on any atom is -0.308 e. The van der Waals surface area contributed by atoms with Gasteiger partial charge in [-0.2, -0.15) is 5.26 Å². The standard InChI is InChI=1S/C45H27N3O2/c46-28-29-12-9-17-32(26-29)33-24-25-40-38(27-33)36-18-7-8-22-39(36)47(40)41-23-11-21-37-42(41)45(50)48(44(37)49)43-34(30-13-3-1-4-14-30)19-10-20-35(43)31-15-5-2-6-16-31/h1-27H. The van der Waals surface area contributed by atoms with E-state index in [1.54, 1.807) is 12.1 Å². The van der Waals surface area contributed by atoms with Crippen molar-refractivity contribution in [2.75, 3.05) is 4.90 Å². The Hall–Kier alpha value is -7.03. The SMILES string of the molecule is N#Cc1cccc(-c2ccc3c(c2)c2ccccc2n3-c2cccc3c2C(=O)N(c2c(-c4ccccc4)cccc2-c2ccccc2)C3=O)c1. The molecule has 234 valence electrons. The summed E-state index contributed by atoms with van der Waals surface area (Å²) in [6.45, 7) is 0. The van der Waals surface area contributed by atoms with Crippen molar-refractivity contribution in [3.8, 4) is 45.1 Å². The first-order chi connectivity index (χ1) is 24.6. The molecule has 9 rings (SSSR count). The zero-order chi connectivity index (χ0) is 33.8. The summed E-state index contributed by atoms with van der Waals surface area (Å²) in [7, 11) is 0. The lowest BCUT2D eigenvalue weighted by Gasteiger charge is -2.23. The van der Waals surface area contributed by atoms with Gasteiger partial charge >= 0.3 is 0 Å². The number of para-hydroxylation sites is 2. The highest BCUT2D eigenvalue weighted by Gasteiger charge is 2.41. The van der Waals surface area contributed by atoms with Crippen molar-refractivity contribution in [1.29, 1.82) is 5.26 Å². The zero-order valence-corrected chi connectivity index (χ0v) is 26.7. The maximum Gasteiger partial charge on any atom is 0.268 e. The van der Waals surface area contributed by atoms with Crippen LogP contribution in [0.15, 0.2) is 164 Å². The van der Waals surface area contributed by atoms with E-state index in [-0.39, 0.29) is 11.8 Å². The van der Waals surface area contributed by atoms with Gasteiger partial charge in [0.25, 0.3) is 11.8 Å². The number of carbonyl (C=O) groups excluding carboxylic acids is 2. The van der Waals surface area contributed by atoms with Crippen LogP contribution in [0.5, 0.6) is 0 Å². The number of nitriles is 1. The summed E-state index contributed by atoms with van der Waals surface area (Å²) in [4.78, 5) is 30.8. The summed E-state index contributed by atoms with van der Waals surface area (Å²) in [6, 6.07) is 55.4. The molecule has 5 heteroatoms. The zero-order valence-electron chi connectivity index (χ0n) is 26.7. The van der Waals surface area contributed by atoms with Crippen LogP contribution < -0.4 is 4.90 Å². The number of benzene rings is 7. The molecule has 7 aromatic carbocycles. The lowest BCUT2D eigenvalue weighted by molar-refractivity contribution is 0.0926. The number of hydrogen-bond donors (Lipinski definition) is 0. The Morgan fingerprint density at radius 2 is 1.04 bits per heavy atom. The number of nitrogens with zero attached hydrogens (tertiary/aromatic N) is 3. The molecule has 0 radical (unpaired) electrons. The smallest absolute Gasteiger partial charge is 0.268 e. The Morgan fingerprint density at radius 3 is 1.76 bits per heavy atom. The Kier molecular flexibility index (Phi) is 6.75. The number of imide groups is 1. The minimum atomic E-state index is -0.364. The normalized spacial score (nSPS) is 12.4. The molecule has 50 heavy (non-hydrogen) atoms. The molecule has 0 N–H and O–H groups in total. The highest BCUT2D eigenvalue weighted by atomic mass is 16.2. The van der Waals surface area contributed by atoms with Crippen LogP contribution in [0.25, 0.3) is 60.9 Å². The highest BCUT2D eigenvalue weighted by molar-refractivity contribution is 6.37. The van der Waals surface area contributed by atoms with Crippen molar-refractivity contribution in [3.05, 3.63) is 180 Å². The summed E-state index contributed by atoms with van der Waals surface area (Å²) in [5.41, 5.74) is 9.73. The monoisotopic (exact) mass is 641 g/mol. The lowest BCUT2D eigenvalue weighted by Crippen LogP contribution is -2.30. The molecule has 0 saturated carbocycles. The Morgan fingerprint density at radius 1 is 0.460 bits per heavy atom. The van der Waals surface area contributed by atoms with Crippen LogP contribution in [0.1, 0.15) is 26.3 Å². The van der Waals surface area contributed by atoms with Crippen molar-refractivity contribution in [2.24, 2.45) is 0 Å². The van der Waals surface area contributed by atoms with E-state index in [4.69, 9.17) is 0 Å². The summed E-state index contributed by atoms with van der Waals surface area (Å²) >= 11 is 0. The third-order valence-corrected chi connectivity index (χ3v) is 9.56. The summed E-state index contributed by atoms with van der Waals surface area (Å²) < 4.78 is 2.09. The van der Waals surface area contributed by atoms with E-state index in [1.807, 2.05) is 133 Å². The second kappa shape index (κ2) is 11.6. The molecule has 0 atom stereocenters. The van der Waals surface area contributed by atoms with Crippen molar-refractivity contribution >= 4 is 39.3 Å². The average molecular weight is 642 g/mol. The summed E-state index contributed by atoms with van der Waals surface area (Å²) in [6.07, 6.45) is 0. The topological polar surface area (TPSA) is 66.1 Å². The van der Waals surface area contributed by atoms with Crippen LogP contribution in [0.3, 0.4) is 0 Å². The Balaban J connectivity index is 1.26. The molecule has 8 aromatic rings. The fourth-order valence-corrected chi connectivity index (χ4v) is 7.32. The lowest BCUT2D eigenvalue weighted by atomic mass is 9.95. The number of carbonyl (C=O) groups is 2. The van der Waals surface area contributed by atoms with Gasteiger partial charge in [0.05, 0.1) is 45.2 Å². The van der Waals surface area contributed by atoms with Crippen LogP contribution in [0, 0.1) is 11.3 Å². The molecule has 0 bridgehead atoms. The quantitative estimate of drug-likeness (QED) is 0.176. The number of aromatic nitrogens is 1. The third kappa shape index (κ3) is 4.47. The first kappa shape index (κ1) is 29.1. The van der Waals surface area contributed by atoms with E-state index in [2.05, 4.69) is 28.8 Å². The van der Waals surface area contributed by atoms with Crippen molar-refractivity contribution in [3.63, 3.8) is 0 Å².